The lowest BCUT2D eigenvalue weighted by Gasteiger charge is -2.11. The van der Waals surface area contributed by atoms with E-state index in [4.69, 9.17) is 38.1 Å². The van der Waals surface area contributed by atoms with Gasteiger partial charge in [-0.3, -0.25) is 0 Å². The van der Waals surface area contributed by atoms with Gasteiger partial charge in [-0.1, -0.05) is 23.2 Å². The number of hydrogen-bond acceptors (Lipinski definition) is 6. The highest BCUT2D eigenvalue weighted by Gasteiger charge is 2.18. The molecule has 9 heteroatoms. The van der Waals surface area contributed by atoms with Crippen LogP contribution in [0.25, 0.3) is 22.2 Å². The Morgan fingerprint density at radius 2 is 2.11 bits per heavy atom. The number of aromatic nitrogens is 2. The molecule has 0 aliphatic heterocycles. The summed E-state index contributed by atoms with van der Waals surface area (Å²) >= 11 is 13.6. The van der Waals surface area contributed by atoms with Crippen LogP contribution in [0, 0.1) is 5.82 Å². The van der Waals surface area contributed by atoms with Crippen molar-refractivity contribution in [3.8, 4) is 17.0 Å². The van der Waals surface area contributed by atoms with E-state index in [1.54, 1.807) is 18.0 Å². The predicted octanol–water partition coefficient (Wildman–Crippen LogP) is 5.60. The SMILES string of the molecule is Nc1ncc2c(-c3cscn3)coc2c1OCCc1c(Cl)ccc(F)c1Cl. The summed E-state index contributed by atoms with van der Waals surface area (Å²) in [5.41, 5.74) is 10.2. The molecule has 0 aliphatic carbocycles. The summed E-state index contributed by atoms with van der Waals surface area (Å²) in [5.74, 6) is -0.0194. The van der Waals surface area contributed by atoms with Crippen molar-refractivity contribution >= 4 is 51.3 Å². The van der Waals surface area contributed by atoms with Gasteiger partial charge >= 0.3 is 0 Å². The van der Waals surface area contributed by atoms with Crippen LogP contribution in [-0.2, 0) is 6.42 Å². The summed E-state index contributed by atoms with van der Waals surface area (Å²) in [4.78, 5) is 8.47. The van der Waals surface area contributed by atoms with Crippen molar-refractivity contribution in [3.63, 3.8) is 0 Å². The predicted molar refractivity (Wildman–Crippen MR) is 105 cm³/mol. The third kappa shape index (κ3) is 3.34. The van der Waals surface area contributed by atoms with Crippen molar-refractivity contribution in [3.05, 3.63) is 56.9 Å². The molecular weight excluding hydrogens is 412 g/mol. The third-order valence-corrected chi connectivity index (χ3v) is 5.40. The molecule has 1 aromatic carbocycles. The summed E-state index contributed by atoms with van der Waals surface area (Å²) in [7, 11) is 0. The van der Waals surface area contributed by atoms with Gasteiger partial charge in [0.15, 0.2) is 11.4 Å². The first-order valence-electron chi connectivity index (χ1n) is 7.85. The number of anilines is 1. The largest absolute Gasteiger partial charge is 0.486 e. The maximum atomic E-state index is 13.6. The number of benzene rings is 1. The van der Waals surface area contributed by atoms with E-state index in [0.717, 1.165) is 16.6 Å². The zero-order valence-electron chi connectivity index (χ0n) is 13.7. The highest BCUT2D eigenvalue weighted by molar-refractivity contribution is 7.07. The number of nitrogens with zero attached hydrogens (tertiary/aromatic N) is 2. The van der Waals surface area contributed by atoms with Gasteiger partial charge in [0.2, 0.25) is 5.75 Å². The molecule has 4 aromatic rings. The monoisotopic (exact) mass is 423 g/mol. The number of thiazole rings is 1. The Morgan fingerprint density at radius 3 is 2.89 bits per heavy atom. The fraction of sp³-hybridized carbons (Fsp3) is 0.111. The first-order chi connectivity index (χ1) is 13.1. The van der Waals surface area contributed by atoms with E-state index < -0.39 is 5.82 Å². The van der Waals surface area contributed by atoms with Crippen molar-refractivity contribution in [1.82, 2.24) is 9.97 Å². The number of pyridine rings is 1. The fourth-order valence-electron chi connectivity index (χ4n) is 2.72. The molecule has 138 valence electrons. The van der Waals surface area contributed by atoms with Gasteiger partial charge in [-0.2, -0.15) is 0 Å². The first kappa shape index (κ1) is 18.0. The van der Waals surface area contributed by atoms with E-state index in [1.807, 2.05) is 5.38 Å². The second kappa shape index (κ2) is 7.34. The minimum Gasteiger partial charge on any atom is -0.486 e. The Bertz CT molecular complexity index is 1120. The molecule has 0 aliphatic rings. The molecule has 0 unspecified atom stereocenters. The Morgan fingerprint density at radius 1 is 1.26 bits per heavy atom. The Hall–Kier alpha value is -2.35. The summed E-state index contributed by atoms with van der Waals surface area (Å²) in [6.07, 6.45) is 3.51. The average Bonchev–Trinajstić information content (AvgIpc) is 3.32. The molecule has 4 rings (SSSR count). The molecule has 0 fully saturated rings. The molecular formula is C18H12Cl2FN3O2S. The molecule has 3 heterocycles. The molecule has 3 aromatic heterocycles. The molecule has 0 saturated carbocycles. The number of halogens is 3. The van der Waals surface area contributed by atoms with Crippen LogP contribution < -0.4 is 10.5 Å². The van der Waals surface area contributed by atoms with Crippen molar-refractivity contribution < 1.29 is 13.5 Å². The number of nitrogens with two attached hydrogens (primary N) is 1. The Kier molecular flexibility index (Phi) is 4.90. The lowest BCUT2D eigenvalue weighted by molar-refractivity contribution is 0.321. The van der Waals surface area contributed by atoms with E-state index in [1.165, 1.54) is 23.5 Å². The second-order valence-corrected chi connectivity index (χ2v) is 7.16. The van der Waals surface area contributed by atoms with Gasteiger partial charge in [0, 0.05) is 28.6 Å². The number of nitrogen functional groups attached to an aromatic ring is 1. The van der Waals surface area contributed by atoms with Gasteiger partial charge in [-0.05, 0) is 17.7 Å². The lowest BCUT2D eigenvalue weighted by Crippen LogP contribution is -2.06. The smallest absolute Gasteiger partial charge is 0.205 e. The van der Waals surface area contributed by atoms with E-state index in [0.29, 0.717) is 28.3 Å². The number of hydrogen-bond donors (Lipinski definition) is 1. The summed E-state index contributed by atoms with van der Waals surface area (Å²) in [6.45, 7) is 0.167. The van der Waals surface area contributed by atoms with Gasteiger partial charge in [-0.25, -0.2) is 14.4 Å². The first-order valence-corrected chi connectivity index (χ1v) is 9.55. The van der Waals surface area contributed by atoms with Crippen LogP contribution in [0.4, 0.5) is 10.2 Å². The summed E-state index contributed by atoms with van der Waals surface area (Å²) < 4.78 is 25.1. The van der Waals surface area contributed by atoms with E-state index in [9.17, 15) is 4.39 Å². The zero-order chi connectivity index (χ0) is 19.0. The van der Waals surface area contributed by atoms with Gasteiger partial charge in [0.1, 0.15) is 12.1 Å². The Labute approximate surface area is 167 Å². The highest BCUT2D eigenvalue weighted by atomic mass is 35.5. The van der Waals surface area contributed by atoms with Crippen LogP contribution in [0.15, 0.2) is 39.9 Å². The van der Waals surface area contributed by atoms with Crippen molar-refractivity contribution in [2.45, 2.75) is 6.42 Å². The van der Waals surface area contributed by atoms with Crippen molar-refractivity contribution in [1.29, 1.82) is 0 Å². The number of ether oxygens (including phenoxy) is 1. The standard InChI is InChI=1S/C18H12Cl2FN3O2S/c19-12-1-2-13(21)15(20)9(12)3-4-25-17-16-10(5-23-18(17)22)11(6-26-16)14-7-27-8-24-14/h1-2,5-8H,3-4H2,(H2,22,23). The molecule has 0 saturated heterocycles. The normalized spacial score (nSPS) is 11.2. The minimum atomic E-state index is -0.529. The van der Waals surface area contributed by atoms with Crippen LogP contribution in [0.2, 0.25) is 10.0 Å². The van der Waals surface area contributed by atoms with Crippen LogP contribution in [0.5, 0.6) is 5.75 Å². The van der Waals surface area contributed by atoms with E-state index in [2.05, 4.69) is 9.97 Å². The van der Waals surface area contributed by atoms with Gasteiger partial charge < -0.3 is 14.9 Å². The number of fused-ring (bicyclic) bond motifs is 1. The lowest BCUT2D eigenvalue weighted by atomic mass is 10.1. The topological polar surface area (TPSA) is 74.2 Å². The van der Waals surface area contributed by atoms with Crippen LogP contribution >= 0.6 is 34.5 Å². The number of rotatable bonds is 5. The van der Waals surface area contributed by atoms with Crippen molar-refractivity contribution in [2.24, 2.45) is 0 Å². The molecule has 0 spiro atoms. The molecule has 0 bridgehead atoms. The van der Waals surface area contributed by atoms with Crippen molar-refractivity contribution in [2.75, 3.05) is 12.3 Å². The molecule has 0 radical (unpaired) electrons. The van der Waals surface area contributed by atoms with Crippen LogP contribution in [0.1, 0.15) is 5.56 Å². The third-order valence-electron chi connectivity index (χ3n) is 4.05. The maximum Gasteiger partial charge on any atom is 0.205 e. The quantitative estimate of drug-likeness (QED) is 0.422. The Balaban J connectivity index is 1.61. The van der Waals surface area contributed by atoms with E-state index >= 15 is 0 Å². The molecule has 2 N–H and O–H groups in total. The summed E-state index contributed by atoms with van der Waals surface area (Å²) in [6, 6.07) is 2.68. The van der Waals surface area contributed by atoms with Gasteiger partial charge in [-0.15, -0.1) is 11.3 Å². The average molecular weight is 424 g/mol. The van der Waals surface area contributed by atoms with Crippen LogP contribution in [-0.4, -0.2) is 16.6 Å². The molecule has 0 amide bonds. The molecule has 0 atom stereocenters. The van der Waals surface area contributed by atoms with E-state index in [-0.39, 0.29) is 17.4 Å². The second-order valence-electron chi connectivity index (χ2n) is 5.66. The minimum absolute atomic E-state index is 0.0146. The van der Waals surface area contributed by atoms with Gasteiger partial charge in [0.25, 0.3) is 0 Å². The molecule has 27 heavy (non-hydrogen) atoms. The highest BCUT2D eigenvalue weighted by Crippen LogP contribution is 2.37. The zero-order valence-corrected chi connectivity index (χ0v) is 16.0. The summed E-state index contributed by atoms with van der Waals surface area (Å²) in [5, 5.41) is 3.01. The van der Waals surface area contributed by atoms with Crippen LogP contribution in [0.3, 0.4) is 0 Å². The number of furan rings is 1. The van der Waals surface area contributed by atoms with Gasteiger partial charge in [0.05, 0.1) is 28.2 Å². The maximum absolute atomic E-state index is 13.6. The fourth-order valence-corrected chi connectivity index (χ4v) is 3.83. The molecule has 5 nitrogen and oxygen atoms in total.